The molecule has 1 saturated heterocycles. The lowest BCUT2D eigenvalue weighted by molar-refractivity contribution is -0.125. The molecule has 92 valence electrons. The number of hydrogen-bond acceptors (Lipinski definition) is 3. The van der Waals surface area contributed by atoms with Crippen LogP contribution in [-0.2, 0) is 9.53 Å². The maximum atomic E-state index is 11.7. The minimum absolute atomic E-state index is 0.135. The van der Waals surface area contributed by atoms with Crippen LogP contribution in [0.15, 0.2) is 12.2 Å². The Kier molecular flexibility index (Phi) is 6.11. The molecule has 16 heavy (non-hydrogen) atoms. The zero-order chi connectivity index (χ0) is 11.8. The van der Waals surface area contributed by atoms with E-state index in [1.807, 2.05) is 11.8 Å². The van der Waals surface area contributed by atoms with E-state index in [0.717, 1.165) is 45.8 Å². The summed E-state index contributed by atoms with van der Waals surface area (Å²) in [5, 5.41) is 0. The summed E-state index contributed by atoms with van der Waals surface area (Å²) >= 11 is 0. The molecule has 0 aromatic rings. The van der Waals surface area contributed by atoms with E-state index in [4.69, 9.17) is 4.74 Å². The second-order valence-corrected chi connectivity index (χ2v) is 4.01. The Balaban J connectivity index is 2.36. The molecular formula is C12H22N2O2. The summed E-state index contributed by atoms with van der Waals surface area (Å²) < 4.78 is 5.06. The monoisotopic (exact) mass is 226 g/mol. The topological polar surface area (TPSA) is 32.8 Å². The predicted octanol–water partition coefficient (Wildman–Crippen LogP) is 0.743. The quantitative estimate of drug-likeness (QED) is 0.663. The summed E-state index contributed by atoms with van der Waals surface area (Å²) in [6.45, 7) is 7.31. The highest BCUT2D eigenvalue weighted by atomic mass is 16.5. The number of nitrogens with zero attached hydrogens (tertiary/aromatic N) is 2. The Morgan fingerprint density at radius 3 is 2.81 bits per heavy atom. The largest absolute Gasteiger partial charge is 0.383 e. The molecule has 0 atom stereocenters. The van der Waals surface area contributed by atoms with Crippen molar-refractivity contribution < 1.29 is 9.53 Å². The van der Waals surface area contributed by atoms with Crippen LogP contribution in [0.5, 0.6) is 0 Å². The van der Waals surface area contributed by atoms with Gasteiger partial charge in [-0.2, -0.15) is 0 Å². The Hall–Kier alpha value is -0.870. The molecule has 4 heteroatoms. The third-order valence-electron chi connectivity index (χ3n) is 2.82. The number of ether oxygens (including phenoxy) is 1. The van der Waals surface area contributed by atoms with Crippen molar-refractivity contribution in [3.05, 3.63) is 12.2 Å². The van der Waals surface area contributed by atoms with Crippen molar-refractivity contribution in [3.63, 3.8) is 0 Å². The number of hydrogen-bond donors (Lipinski definition) is 0. The van der Waals surface area contributed by atoms with E-state index in [-0.39, 0.29) is 5.91 Å². The number of methoxy groups -OCH3 is 1. The third kappa shape index (κ3) is 4.33. The fourth-order valence-electron chi connectivity index (χ4n) is 1.88. The van der Waals surface area contributed by atoms with Crippen molar-refractivity contribution in [2.24, 2.45) is 0 Å². The van der Waals surface area contributed by atoms with Gasteiger partial charge < -0.3 is 9.64 Å². The Bertz CT molecular complexity index is 241. The van der Waals surface area contributed by atoms with Gasteiger partial charge >= 0.3 is 0 Å². The fourth-order valence-corrected chi connectivity index (χ4v) is 1.88. The molecule has 0 spiro atoms. The van der Waals surface area contributed by atoms with E-state index < -0.39 is 0 Å². The smallest absolute Gasteiger partial charge is 0.246 e. The lowest BCUT2D eigenvalue weighted by atomic mass is 10.3. The zero-order valence-electron chi connectivity index (χ0n) is 10.3. The molecule has 4 nitrogen and oxygen atoms in total. The van der Waals surface area contributed by atoms with E-state index in [1.165, 1.54) is 0 Å². The van der Waals surface area contributed by atoms with Crippen molar-refractivity contribution in [3.8, 4) is 0 Å². The summed E-state index contributed by atoms with van der Waals surface area (Å²) in [5.41, 5.74) is 0. The first-order valence-corrected chi connectivity index (χ1v) is 5.91. The van der Waals surface area contributed by atoms with Gasteiger partial charge in [0, 0.05) is 33.3 Å². The van der Waals surface area contributed by atoms with Gasteiger partial charge in [-0.3, -0.25) is 9.69 Å². The Morgan fingerprint density at radius 2 is 2.12 bits per heavy atom. The van der Waals surface area contributed by atoms with Crippen LogP contribution in [0.1, 0.15) is 13.3 Å². The summed E-state index contributed by atoms with van der Waals surface area (Å²) in [6.07, 6.45) is 4.49. The molecular weight excluding hydrogens is 204 g/mol. The highest BCUT2D eigenvalue weighted by Crippen LogP contribution is 2.03. The molecule has 0 radical (unpaired) electrons. The first kappa shape index (κ1) is 13.2. The van der Waals surface area contributed by atoms with Crippen molar-refractivity contribution in [2.75, 3.05) is 46.4 Å². The molecule has 0 saturated carbocycles. The van der Waals surface area contributed by atoms with Crippen LogP contribution in [-0.4, -0.2) is 62.1 Å². The van der Waals surface area contributed by atoms with Gasteiger partial charge in [-0.05, 0) is 26.0 Å². The van der Waals surface area contributed by atoms with Crippen LogP contribution in [0.2, 0.25) is 0 Å². The van der Waals surface area contributed by atoms with Crippen LogP contribution in [0.3, 0.4) is 0 Å². The number of carbonyl (C=O) groups is 1. The van der Waals surface area contributed by atoms with Crippen molar-refractivity contribution in [1.82, 2.24) is 9.80 Å². The van der Waals surface area contributed by atoms with E-state index in [0.29, 0.717) is 0 Å². The molecule has 1 rings (SSSR count). The molecule has 1 fully saturated rings. The standard InChI is InChI=1S/C12H22N2O2/c1-3-5-12(15)14-7-4-6-13(8-9-14)10-11-16-2/h3,5H,4,6-11H2,1-2H3. The second kappa shape index (κ2) is 7.41. The third-order valence-corrected chi connectivity index (χ3v) is 2.82. The SMILES string of the molecule is CC=CC(=O)N1CCCN(CCOC)CC1. The minimum atomic E-state index is 0.135. The molecule has 0 N–H and O–H groups in total. The molecule has 1 aliphatic heterocycles. The molecule has 0 bridgehead atoms. The summed E-state index contributed by atoms with van der Waals surface area (Å²) in [7, 11) is 1.72. The van der Waals surface area contributed by atoms with E-state index in [2.05, 4.69) is 4.90 Å². The lowest BCUT2D eigenvalue weighted by Gasteiger charge is -2.20. The highest BCUT2D eigenvalue weighted by molar-refractivity contribution is 5.87. The van der Waals surface area contributed by atoms with Crippen molar-refractivity contribution in [1.29, 1.82) is 0 Å². The van der Waals surface area contributed by atoms with Crippen LogP contribution in [0.25, 0.3) is 0 Å². The average molecular weight is 226 g/mol. The second-order valence-electron chi connectivity index (χ2n) is 4.01. The predicted molar refractivity (Wildman–Crippen MR) is 64.3 cm³/mol. The van der Waals surface area contributed by atoms with Gasteiger partial charge in [0.2, 0.25) is 5.91 Å². The van der Waals surface area contributed by atoms with Gasteiger partial charge in [-0.25, -0.2) is 0 Å². The summed E-state index contributed by atoms with van der Waals surface area (Å²) in [4.78, 5) is 15.9. The number of allylic oxidation sites excluding steroid dienone is 1. The maximum Gasteiger partial charge on any atom is 0.246 e. The van der Waals surface area contributed by atoms with Crippen LogP contribution < -0.4 is 0 Å². The lowest BCUT2D eigenvalue weighted by Crippen LogP contribution is -2.35. The number of amides is 1. The van der Waals surface area contributed by atoms with E-state index >= 15 is 0 Å². The van der Waals surface area contributed by atoms with Crippen LogP contribution in [0, 0.1) is 0 Å². The minimum Gasteiger partial charge on any atom is -0.383 e. The number of rotatable bonds is 4. The van der Waals surface area contributed by atoms with Crippen LogP contribution >= 0.6 is 0 Å². The Morgan fingerprint density at radius 1 is 1.31 bits per heavy atom. The molecule has 0 aromatic heterocycles. The fraction of sp³-hybridized carbons (Fsp3) is 0.750. The first-order valence-electron chi connectivity index (χ1n) is 5.91. The zero-order valence-corrected chi connectivity index (χ0v) is 10.3. The highest BCUT2D eigenvalue weighted by Gasteiger charge is 2.16. The summed E-state index contributed by atoms with van der Waals surface area (Å²) in [6, 6.07) is 0. The van der Waals surface area contributed by atoms with Crippen molar-refractivity contribution >= 4 is 5.91 Å². The van der Waals surface area contributed by atoms with Gasteiger partial charge in [0.05, 0.1) is 6.61 Å². The number of carbonyl (C=O) groups excluding carboxylic acids is 1. The first-order chi connectivity index (χ1) is 7.77. The van der Waals surface area contributed by atoms with Gasteiger partial charge in [0.1, 0.15) is 0 Å². The Labute approximate surface area is 97.9 Å². The molecule has 1 heterocycles. The summed E-state index contributed by atoms with van der Waals surface area (Å²) in [5.74, 6) is 0.135. The van der Waals surface area contributed by atoms with Crippen LogP contribution in [0.4, 0.5) is 0 Å². The van der Waals surface area contributed by atoms with Gasteiger partial charge in [-0.1, -0.05) is 6.08 Å². The molecule has 0 aromatic carbocycles. The van der Waals surface area contributed by atoms with Gasteiger partial charge in [0.15, 0.2) is 0 Å². The normalized spacial score (nSPS) is 19.0. The van der Waals surface area contributed by atoms with Gasteiger partial charge in [0.25, 0.3) is 0 Å². The average Bonchev–Trinajstić information content (AvgIpc) is 2.52. The van der Waals surface area contributed by atoms with E-state index in [9.17, 15) is 4.79 Å². The molecule has 0 aliphatic carbocycles. The molecule has 0 unspecified atom stereocenters. The maximum absolute atomic E-state index is 11.7. The van der Waals surface area contributed by atoms with E-state index in [1.54, 1.807) is 19.3 Å². The van der Waals surface area contributed by atoms with Gasteiger partial charge in [-0.15, -0.1) is 0 Å². The molecule has 1 aliphatic rings. The van der Waals surface area contributed by atoms with Crippen molar-refractivity contribution in [2.45, 2.75) is 13.3 Å². The molecule has 1 amide bonds.